The molecular weight excluding hydrogens is 268 g/mol. The van der Waals surface area contributed by atoms with Gasteiger partial charge < -0.3 is 11.1 Å². The van der Waals surface area contributed by atoms with E-state index in [2.05, 4.69) is 34.6 Å². The number of rotatable bonds is 4. The number of carbonyl (C=O) groups is 1. The van der Waals surface area contributed by atoms with Crippen LogP contribution in [0.3, 0.4) is 0 Å². The number of aromatic nitrogens is 2. The maximum absolute atomic E-state index is 11.8. The van der Waals surface area contributed by atoms with E-state index in [0.29, 0.717) is 10.1 Å². The van der Waals surface area contributed by atoms with E-state index in [4.69, 9.17) is 5.73 Å². The van der Waals surface area contributed by atoms with Gasteiger partial charge in [-0.3, -0.25) is 4.79 Å². The molecule has 0 bridgehead atoms. The molecule has 0 spiro atoms. The quantitative estimate of drug-likeness (QED) is 0.896. The van der Waals surface area contributed by atoms with E-state index >= 15 is 0 Å². The highest BCUT2D eigenvalue weighted by atomic mass is 32.1. The Labute approximate surface area is 113 Å². The van der Waals surface area contributed by atoms with E-state index in [0.717, 1.165) is 17.8 Å². The van der Waals surface area contributed by atoms with Gasteiger partial charge in [-0.05, 0) is 26.0 Å². The second kappa shape index (κ2) is 5.45. The summed E-state index contributed by atoms with van der Waals surface area (Å²) < 4.78 is 0. The first-order valence-electron chi connectivity index (χ1n) is 5.50. The monoisotopic (exact) mass is 282 g/mol. The van der Waals surface area contributed by atoms with E-state index in [-0.39, 0.29) is 11.9 Å². The average molecular weight is 282 g/mol. The third-order valence-corrected chi connectivity index (χ3v) is 4.09. The van der Waals surface area contributed by atoms with Gasteiger partial charge in [0.25, 0.3) is 5.91 Å². The van der Waals surface area contributed by atoms with Crippen molar-refractivity contribution in [2.45, 2.75) is 26.3 Å². The largest absolute Gasteiger partial charge is 0.374 e. The minimum absolute atomic E-state index is 0.0562. The Morgan fingerprint density at radius 2 is 2.22 bits per heavy atom. The van der Waals surface area contributed by atoms with Crippen LogP contribution in [0.2, 0.25) is 0 Å². The van der Waals surface area contributed by atoms with Crippen LogP contribution in [0.1, 0.15) is 26.5 Å². The lowest BCUT2D eigenvalue weighted by molar-refractivity contribution is 0.0939. The second-order valence-corrected chi connectivity index (χ2v) is 6.42. The van der Waals surface area contributed by atoms with Crippen LogP contribution in [-0.4, -0.2) is 22.1 Å². The van der Waals surface area contributed by atoms with Gasteiger partial charge in [0.2, 0.25) is 10.1 Å². The van der Waals surface area contributed by atoms with E-state index in [1.807, 2.05) is 6.92 Å². The molecule has 0 radical (unpaired) electrons. The number of aryl methyl sites for hydroxylation is 1. The number of nitrogens with zero attached hydrogens (tertiary/aromatic N) is 2. The van der Waals surface area contributed by atoms with Gasteiger partial charge in [-0.2, -0.15) is 0 Å². The van der Waals surface area contributed by atoms with Crippen molar-refractivity contribution in [3.05, 3.63) is 26.9 Å². The Morgan fingerprint density at radius 3 is 2.78 bits per heavy atom. The fourth-order valence-electron chi connectivity index (χ4n) is 1.56. The van der Waals surface area contributed by atoms with Crippen LogP contribution >= 0.6 is 22.7 Å². The first-order valence-corrected chi connectivity index (χ1v) is 7.13. The molecule has 0 aliphatic heterocycles. The number of hydrogen-bond donors (Lipinski definition) is 2. The molecule has 96 valence electrons. The van der Waals surface area contributed by atoms with Crippen LogP contribution in [-0.2, 0) is 6.42 Å². The van der Waals surface area contributed by atoms with Gasteiger partial charge in [-0.1, -0.05) is 11.3 Å². The van der Waals surface area contributed by atoms with Crippen molar-refractivity contribution in [3.8, 4) is 0 Å². The average Bonchev–Trinajstić information content (AvgIpc) is 2.87. The number of anilines is 1. The first-order chi connectivity index (χ1) is 8.54. The molecule has 2 aromatic heterocycles. The fourth-order valence-corrected chi connectivity index (χ4v) is 3.09. The molecule has 0 aromatic carbocycles. The standard InChI is InChI=1S/C11H14N4OS2/c1-6(5-8-4-3-7(2)17-8)13-9(16)10-14-15-11(12)18-10/h3-4,6H,5H2,1-2H3,(H2,12,15)(H,13,16). The number of carbonyl (C=O) groups excluding carboxylic acids is 1. The molecule has 0 aliphatic carbocycles. The van der Waals surface area contributed by atoms with Crippen molar-refractivity contribution in [2.24, 2.45) is 0 Å². The number of nitrogen functional groups attached to an aromatic ring is 1. The van der Waals surface area contributed by atoms with Crippen molar-refractivity contribution in [1.82, 2.24) is 15.5 Å². The molecular formula is C11H14N4OS2. The number of nitrogens with one attached hydrogen (secondary N) is 1. The zero-order valence-electron chi connectivity index (χ0n) is 10.1. The summed E-state index contributed by atoms with van der Waals surface area (Å²) in [5.74, 6) is -0.218. The van der Waals surface area contributed by atoms with Gasteiger partial charge in [0.05, 0.1) is 0 Å². The third-order valence-electron chi connectivity index (χ3n) is 2.32. The van der Waals surface area contributed by atoms with Gasteiger partial charge in [0.1, 0.15) is 0 Å². The lowest BCUT2D eigenvalue weighted by atomic mass is 10.2. The van der Waals surface area contributed by atoms with Gasteiger partial charge >= 0.3 is 0 Å². The minimum Gasteiger partial charge on any atom is -0.374 e. The maximum atomic E-state index is 11.8. The summed E-state index contributed by atoms with van der Waals surface area (Å²) >= 11 is 2.84. The van der Waals surface area contributed by atoms with Gasteiger partial charge in [0, 0.05) is 22.2 Å². The smallest absolute Gasteiger partial charge is 0.282 e. The van der Waals surface area contributed by atoms with Crippen LogP contribution in [0, 0.1) is 6.92 Å². The molecule has 2 heterocycles. The second-order valence-electron chi connectivity index (χ2n) is 4.04. The molecule has 5 nitrogen and oxygen atoms in total. The molecule has 2 rings (SSSR count). The van der Waals surface area contributed by atoms with Crippen LogP contribution in [0.25, 0.3) is 0 Å². The molecule has 18 heavy (non-hydrogen) atoms. The minimum atomic E-state index is -0.218. The normalized spacial score (nSPS) is 12.3. The highest BCUT2D eigenvalue weighted by Crippen LogP contribution is 2.17. The van der Waals surface area contributed by atoms with E-state index < -0.39 is 0 Å². The highest BCUT2D eigenvalue weighted by Gasteiger charge is 2.14. The molecule has 1 unspecified atom stereocenters. The SMILES string of the molecule is Cc1ccc(CC(C)NC(=O)c2nnc(N)s2)s1. The van der Waals surface area contributed by atoms with Crippen LogP contribution in [0.4, 0.5) is 5.13 Å². The van der Waals surface area contributed by atoms with Gasteiger partial charge in [-0.15, -0.1) is 21.5 Å². The molecule has 1 atom stereocenters. The molecule has 0 saturated carbocycles. The number of hydrogen-bond acceptors (Lipinski definition) is 6. The summed E-state index contributed by atoms with van der Waals surface area (Å²) in [5, 5.41) is 10.8. The Kier molecular flexibility index (Phi) is 3.93. The van der Waals surface area contributed by atoms with Crippen LogP contribution in [0.5, 0.6) is 0 Å². The maximum Gasteiger partial charge on any atom is 0.282 e. The molecule has 1 amide bonds. The van der Waals surface area contributed by atoms with Crippen molar-refractivity contribution in [3.63, 3.8) is 0 Å². The Balaban J connectivity index is 1.91. The zero-order chi connectivity index (χ0) is 13.1. The summed E-state index contributed by atoms with van der Waals surface area (Å²) in [6, 6.07) is 4.23. The first kappa shape index (κ1) is 13.0. The summed E-state index contributed by atoms with van der Waals surface area (Å²) in [6.07, 6.45) is 0.818. The van der Waals surface area contributed by atoms with Crippen molar-refractivity contribution in [2.75, 3.05) is 5.73 Å². The van der Waals surface area contributed by atoms with Crippen molar-refractivity contribution >= 4 is 33.7 Å². The molecule has 0 fully saturated rings. The molecule has 7 heteroatoms. The molecule has 2 aromatic rings. The topological polar surface area (TPSA) is 80.9 Å². The van der Waals surface area contributed by atoms with Gasteiger partial charge in [0.15, 0.2) is 0 Å². The Morgan fingerprint density at radius 1 is 1.44 bits per heavy atom. The Bertz CT molecular complexity index is 549. The molecule has 3 N–H and O–H groups in total. The zero-order valence-corrected chi connectivity index (χ0v) is 11.8. The van der Waals surface area contributed by atoms with E-state index in [9.17, 15) is 4.79 Å². The summed E-state index contributed by atoms with van der Waals surface area (Å²) in [7, 11) is 0. The number of thiophene rings is 1. The van der Waals surface area contributed by atoms with Crippen molar-refractivity contribution < 1.29 is 4.79 Å². The van der Waals surface area contributed by atoms with Crippen molar-refractivity contribution in [1.29, 1.82) is 0 Å². The lowest BCUT2D eigenvalue weighted by Crippen LogP contribution is -2.33. The van der Waals surface area contributed by atoms with Gasteiger partial charge in [-0.25, -0.2) is 0 Å². The number of amides is 1. The third kappa shape index (κ3) is 3.27. The highest BCUT2D eigenvalue weighted by molar-refractivity contribution is 7.16. The summed E-state index contributed by atoms with van der Waals surface area (Å²) in [5.41, 5.74) is 5.44. The van der Waals surface area contributed by atoms with E-state index in [1.165, 1.54) is 9.75 Å². The molecule has 0 saturated heterocycles. The van der Waals surface area contributed by atoms with E-state index in [1.54, 1.807) is 11.3 Å². The lowest BCUT2D eigenvalue weighted by Gasteiger charge is -2.11. The summed E-state index contributed by atoms with van der Waals surface area (Å²) in [6.45, 7) is 4.04. The van der Waals surface area contributed by atoms with Crippen LogP contribution in [0.15, 0.2) is 12.1 Å². The Hall–Kier alpha value is -1.47. The summed E-state index contributed by atoms with van der Waals surface area (Å²) in [4.78, 5) is 14.3. The number of nitrogens with two attached hydrogens (primary N) is 1. The van der Waals surface area contributed by atoms with Crippen LogP contribution < -0.4 is 11.1 Å². The predicted octanol–water partition coefficient (Wildman–Crippen LogP) is 1.85. The predicted molar refractivity (Wildman–Crippen MR) is 74.0 cm³/mol. The molecule has 0 aliphatic rings. The fraction of sp³-hybridized carbons (Fsp3) is 0.364.